The highest BCUT2D eigenvalue weighted by Gasteiger charge is 2.06. The Morgan fingerprint density at radius 2 is 2.31 bits per heavy atom. The van der Waals surface area contributed by atoms with E-state index in [1.807, 2.05) is 0 Å². The van der Waals surface area contributed by atoms with Gasteiger partial charge in [0.1, 0.15) is 0 Å². The van der Waals surface area contributed by atoms with E-state index < -0.39 is 0 Å². The maximum atomic E-state index is 11.1. The van der Waals surface area contributed by atoms with Gasteiger partial charge in [0.05, 0.1) is 6.54 Å². The molecule has 74 valence electrons. The van der Waals surface area contributed by atoms with Gasteiger partial charge in [-0.15, -0.1) is 5.92 Å². The molecule has 0 aliphatic rings. The highest BCUT2D eigenvalue weighted by molar-refractivity contribution is 5.76. The summed E-state index contributed by atoms with van der Waals surface area (Å²) in [6.45, 7) is 4.23. The van der Waals surface area contributed by atoms with E-state index in [4.69, 9.17) is 5.73 Å². The van der Waals surface area contributed by atoms with Crippen LogP contribution in [0.15, 0.2) is 0 Å². The first kappa shape index (κ1) is 12.0. The molecule has 0 saturated carbocycles. The Morgan fingerprint density at radius 3 is 2.85 bits per heavy atom. The van der Waals surface area contributed by atoms with E-state index in [1.165, 1.54) is 0 Å². The van der Waals surface area contributed by atoms with Crippen molar-refractivity contribution in [2.75, 3.05) is 6.54 Å². The summed E-state index contributed by atoms with van der Waals surface area (Å²) >= 11 is 0. The third kappa shape index (κ3) is 7.35. The summed E-state index contributed by atoms with van der Waals surface area (Å²) in [6, 6.07) is -0.0143. The van der Waals surface area contributed by atoms with Gasteiger partial charge in [-0.3, -0.25) is 4.79 Å². The summed E-state index contributed by atoms with van der Waals surface area (Å²) in [5.74, 6) is 5.46. The van der Waals surface area contributed by atoms with Crippen LogP contribution in [-0.4, -0.2) is 18.5 Å². The molecular weight excluding hydrogens is 164 g/mol. The van der Waals surface area contributed by atoms with Crippen LogP contribution in [0.25, 0.3) is 0 Å². The molecule has 3 N–H and O–H groups in total. The Bertz CT molecular complexity index is 203. The first-order valence-electron chi connectivity index (χ1n) is 4.62. The van der Waals surface area contributed by atoms with Crippen molar-refractivity contribution in [3.63, 3.8) is 0 Å². The summed E-state index contributed by atoms with van der Waals surface area (Å²) in [5.41, 5.74) is 5.69. The average Bonchev–Trinajstić information content (AvgIpc) is 2.05. The van der Waals surface area contributed by atoms with Crippen LogP contribution in [-0.2, 0) is 4.79 Å². The van der Waals surface area contributed by atoms with Gasteiger partial charge in [0.25, 0.3) is 0 Å². The highest BCUT2D eigenvalue weighted by Crippen LogP contribution is 1.97. The van der Waals surface area contributed by atoms with E-state index in [9.17, 15) is 4.79 Å². The quantitative estimate of drug-likeness (QED) is 0.613. The van der Waals surface area contributed by atoms with Crippen molar-refractivity contribution in [2.24, 2.45) is 5.73 Å². The molecule has 0 aliphatic carbocycles. The molecule has 0 bridgehead atoms. The molecule has 0 radical (unpaired) electrons. The summed E-state index contributed by atoms with van der Waals surface area (Å²) < 4.78 is 0. The second-order valence-electron chi connectivity index (χ2n) is 2.96. The second kappa shape index (κ2) is 7.63. The molecule has 0 aromatic heterocycles. The van der Waals surface area contributed by atoms with Gasteiger partial charge in [0.15, 0.2) is 0 Å². The van der Waals surface area contributed by atoms with E-state index in [0.717, 1.165) is 12.8 Å². The zero-order valence-electron chi connectivity index (χ0n) is 8.39. The van der Waals surface area contributed by atoms with Crippen LogP contribution < -0.4 is 11.1 Å². The maximum absolute atomic E-state index is 11.1. The lowest BCUT2D eigenvalue weighted by molar-refractivity contribution is -0.121. The van der Waals surface area contributed by atoms with Crippen molar-refractivity contribution in [2.45, 2.75) is 39.2 Å². The molecule has 0 spiro atoms. The summed E-state index contributed by atoms with van der Waals surface area (Å²) in [5, 5.41) is 2.68. The minimum atomic E-state index is -0.0143. The Hall–Kier alpha value is -1.01. The number of hydrogen-bond acceptors (Lipinski definition) is 2. The molecule has 1 unspecified atom stereocenters. The van der Waals surface area contributed by atoms with E-state index in [-0.39, 0.29) is 11.9 Å². The number of carbonyl (C=O) groups excluding carboxylic acids is 1. The molecule has 3 heteroatoms. The molecule has 0 aromatic carbocycles. The molecule has 13 heavy (non-hydrogen) atoms. The van der Waals surface area contributed by atoms with E-state index in [0.29, 0.717) is 13.0 Å². The molecule has 0 fully saturated rings. The van der Waals surface area contributed by atoms with Crippen LogP contribution in [0.2, 0.25) is 0 Å². The molecule has 0 aromatic rings. The number of nitrogens with one attached hydrogen (secondary N) is 1. The Morgan fingerprint density at radius 1 is 1.62 bits per heavy atom. The van der Waals surface area contributed by atoms with Crippen LogP contribution in [0.3, 0.4) is 0 Å². The molecule has 0 aliphatic heterocycles. The van der Waals surface area contributed by atoms with Crippen LogP contribution >= 0.6 is 0 Å². The normalized spacial score (nSPS) is 11.3. The lowest BCUT2D eigenvalue weighted by Gasteiger charge is -2.08. The third-order valence-corrected chi connectivity index (χ3v) is 1.66. The predicted octanol–water partition coefficient (Wildman–Crippen LogP) is 0.643. The molecule has 3 nitrogen and oxygen atoms in total. The summed E-state index contributed by atoms with van der Waals surface area (Å²) in [4.78, 5) is 11.1. The van der Waals surface area contributed by atoms with E-state index in [1.54, 1.807) is 6.92 Å². The van der Waals surface area contributed by atoms with Crippen molar-refractivity contribution >= 4 is 5.91 Å². The van der Waals surface area contributed by atoms with Crippen LogP contribution in [0.5, 0.6) is 0 Å². The monoisotopic (exact) mass is 182 g/mol. The van der Waals surface area contributed by atoms with Crippen LogP contribution in [0.4, 0.5) is 0 Å². The van der Waals surface area contributed by atoms with Crippen molar-refractivity contribution in [3.8, 4) is 11.8 Å². The fraction of sp³-hybridized carbons (Fsp3) is 0.700. The molecule has 0 saturated heterocycles. The summed E-state index contributed by atoms with van der Waals surface area (Å²) in [6.07, 6.45) is 2.31. The zero-order chi connectivity index (χ0) is 10.1. The van der Waals surface area contributed by atoms with E-state index in [2.05, 4.69) is 24.1 Å². The Labute approximate surface area is 80.1 Å². The lowest BCUT2D eigenvalue weighted by atomic mass is 10.1. The zero-order valence-corrected chi connectivity index (χ0v) is 8.39. The first-order valence-corrected chi connectivity index (χ1v) is 4.62. The largest absolute Gasteiger partial charge is 0.345 e. The highest BCUT2D eigenvalue weighted by atomic mass is 16.1. The first-order chi connectivity index (χ1) is 6.20. The number of nitrogens with two attached hydrogens (primary N) is 1. The SMILES string of the molecule is CC#CCNC(=O)CC(N)CCC. The number of carbonyl (C=O) groups is 1. The van der Waals surface area contributed by atoms with Crippen molar-refractivity contribution in [1.29, 1.82) is 0 Å². The van der Waals surface area contributed by atoms with Gasteiger partial charge in [0.2, 0.25) is 5.91 Å². The van der Waals surface area contributed by atoms with Gasteiger partial charge in [0, 0.05) is 12.5 Å². The predicted molar refractivity (Wildman–Crippen MR) is 54.0 cm³/mol. The van der Waals surface area contributed by atoms with Gasteiger partial charge in [-0.2, -0.15) is 0 Å². The topological polar surface area (TPSA) is 55.1 Å². The second-order valence-corrected chi connectivity index (χ2v) is 2.96. The molecule has 0 heterocycles. The molecular formula is C10H18N2O. The Balaban J connectivity index is 3.53. The van der Waals surface area contributed by atoms with Gasteiger partial charge < -0.3 is 11.1 Å². The molecule has 1 amide bonds. The lowest BCUT2D eigenvalue weighted by Crippen LogP contribution is -2.31. The maximum Gasteiger partial charge on any atom is 0.222 e. The van der Waals surface area contributed by atoms with Gasteiger partial charge >= 0.3 is 0 Å². The van der Waals surface area contributed by atoms with Gasteiger partial charge in [-0.25, -0.2) is 0 Å². The van der Waals surface area contributed by atoms with Crippen LogP contribution in [0, 0.1) is 11.8 Å². The van der Waals surface area contributed by atoms with Gasteiger partial charge in [-0.05, 0) is 13.3 Å². The summed E-state index contributed by atoms with van der Waals surface area (Å²) in [7, 11) is 0. The minimum Gasteiger partial charge on any atom is -0.345 e. The van der Waals surface area contributed by atoms with Crippen molar-refractivity contribution in [3.05, 3.63) is 0 Å². The molecule has 0 rings (SSSR count). The molecule has 1 atom stereocenters. The van der Waals surface area contributed by atoms with Crippen molar-refractivity contribution in [1.82, 2.24) is 5.32 Å². The standard InChI is InChI=1S/C10H18N2O/c1-3-5-7-12-10(13)8-9(11)6-4-2/h9H,4,6-8,11H2,1-2H3,(H,12,13). The Kier molecular flexibility index (Phi) is 7.04. The number of amides is 1. The van der Waals surface area contributed by atoms with Crippen LogP contribution in [0.1, 0.15) is 33.1 Å². The van der Waals surface area contributed by atoms with Crippen molar-refractivity contribution < 1.29 is 4.79 Å². The number of rotatable bonds is 5. The fourth-order valence-corrected chi connectivity index (χ4v) is 1.01. The smallest absolute Gasteiger partial charge is 0.222 e. The minimum absolute atomic E-state index is 0.0105. The average molecular weight is 182 g/mol. The third-order valence-electron chi connectivity index (χ3n) is 1.66. The van der Waals surface area contributed by atoms with Gasteiger partial charge in [-0.1, -0.05) is 19.3 Å². The fourth-order valence-electron chi connectivity index (χ4n) is 1.01. The van der Waals surface area contributed by atoms with E-state index >= 15 is 0 Å². The number of hydrogen-bond donors (Lipinski definition) is 2.